The number of ether oxygens (including phenoxy) is 1. The predicted octanol–water partition coefficient (Wildman–Crippen LogP) is 6.73. The van der Waals surface area contributed by atoms with E-state index in [2.05, 4.69) is 10.6 Å². The van der Waals surface area contributed by atoms with E-state index in [1.54, 1.807) is 72.8 Å². The summed E-state index contributed by atoms with van der Waals surface area (Å²) in [6.45, 7) is 0. The first-order chi connectivity index (χ1) is 19.3. The number of carbonyl (C=O) groups excluding carboxylic acids is 3. The van der Waals surface area contributed by atoms with Crippen LogP contribution in [0.4, 0.5) is 21.5 Å². The molecule has 0 unspecified atom stereocenters. The zero-order valence-electron chi connectivity index (χ0n) is 21.0. The topological polar surface area (TPSA) is 87.7 Å². The molecule has 0 spiro atoms. The van der Waals surface area contributed by atoms with Crippen LogP contribution in [0.25, 0.3) is 0 Å². The normalized spacial score (nSPS) is 13.0. The maximum atomic E-state index is 13.6. The van der Waals surface area contributed by atoms with Gasteiger partial charge in [-0.05, 0) is 91.0 Å². The number of rotatable bonds is 8. The number of methoxy groups -OCH3 is 1. The highest BCUT2D eigenvalue weighted by molar-refractivity contribution is 8.04. The standard InChI is InChI=1S/C30H21ClFN3O4S/c1-39-24-15-13-23(14-16-24)35-29(37)26(33-21-11-9-20(32)10-12-21)27(30(35)38)40-25-4-2-3-22(17-25)34-28(36)18-5-7-19(31)8-6-18/h2-17,33H,1H3,(H,34,36). The number of nitrogens with zero attached hydrogens (tertiary/aromatic N) is 1. The number of amides is 3. The molecule has 1 aliphatic heterocycles. The molecule has 40 heavy (non-hydrogen) atoms. The molecule has 5 rings (SSSR count). The van der Waals surface area contributed by atoms with Crippen molar-refractivity contribution in [2.75, 3.05) is 22.6 Å². The predicted molar refractivity (Wildman–Crippen MR) is 154 cm³/mol. The average Bonchev–Trinajstić information content (AvgIpc) is 3.18. The van der Waals surface area contributed by atoms with Crippen molar-refractivity contribution in [2.45, 2.75) is 4.90 Å². The molecule has 0 aromatic heterocycles. The third-order valence-corrected chi connectivity index (χ3v) is 7.23. The Bertz CT molecular complexity index is 1620. The monoisotopic (exact) mass is 573 g/mol. The van der Waals surface area contributed by atoms with Gasteiger partial charge in [-0.15, -0.1) is 0 Å². The second-order valence-electron chi connectivity index (χ2n) is 8.57. The van der Waals surface area contributed by atoms with Gasteiger partial charge in [0.05, 0.1) is 12.8 Å². The van der Waals surface area contributed by atoms with Crippen LogP contribution in [0.2, 0.25) is 5.02 Å². The molecule has 0 saturated heterocycles. The smallest absolute Gasteiger partial charge is 0.283 e. The van der Waals surface area contributed by atoms with Crippen LogP contribution in [-0.4, -0.2) is 24.8 Å². The van der Waals surface area contributed by atoms with E-state index in [4.69, 9.17) is 16.3 Å². The first kappa shape index (κ1) is 27.0. The second-order valence-corrected chi connectivity index (χ2v) is 10.1. The second kappa shape index (κ2) is 11.6. The summed E-state index contributed by atoms with van der Waals surface area (Å²) in [6.07, 6.45) is 0. The summed E-state index contributed by atoms with van der Waals surface area (Å²) in [7, 11) is 1.52. The highest BCUT2D eigenvalue weighted by Crippen LogP contribution is 2.39. The molecule has 0 bridgehead atoms. The van der Waals surface area contributed by atoms with E-state index in [1.165, 1.54) is 31.4 Å². The molecule has 0 saturated carbocycles. The van der Waals surface area contributed by atoms with Gasteiger partial charge < -0.3 is 15.4 Å². The summed E-state index contributed by atoms with van der Waals surface area (Å²) in [6, 6.07) is 25.4. The number of halogens is 2. The maximum absolute atomic E-state index is 13.6. The van der Waals surface area contributed by atoms with E-state index in [-0.39, 0.29) is 16.5 Å². The Hall–Kier alpha value is -4.60. The number of hydrogen-bond acceptors (Lipinski definition) is 6. The van der Waals surface area contributed by atoms with Crippen LogP contribution >= 0.6 is 23.4 Å². The summed E-state index contributed by atoms with van der Waals surface area (Å²) in [5, 5.41) is 6.34. The Morgan fingerprint density at radius 2 is 1.57 bits per heavy atom. The lowest BCUT2D eigenvalue weighted by atomic mass is 10.2. The molecule has 7 nitrogen and oxygen atoms in total. The van der Waals surface area contributed by atoms with Crippen molar-refractivity contribution < 1.29 is 23.5 Å². The molecule has 1 heterocycles. The minimum absolute atomic E-state index is 0.0491. The average molecular weight is 574 g/mol. The van der Waals surface area contributed by atoms with Crippen molar-refractivity contribution in [3.05, 3.63) is 124 Å². The third-order valence-electron chi connectivity index (χ3n) is 5.90. The van der Waals surface area contributed by atoms with Crippen molar-refractivity contribution in [1.29, 1.82) is 0 Å². The SMILES string of the molecule is COc1ccc(N2C(=O)C(Nc3ccc(F)cc3)=C(Sc3cccc(NC(=O)c4ccc(Cl)cc4)c3)C2=O)cc1. The molecular weight excluding hydrogens is 553 g/mol. The van der Waals surface area contributed by atoms with Gasteiger partial charge in [0.25, 0.3) is 17.7 Å². The van der Waals surface area contributed by atoms with Gasteiger partial charge in [-0.25, -0.2) is 9.29 Å². The van der Waals surface area contributed by atoms with E-state index in [0.29, 0.717) is 38.3 Å². The molecule has 3 amide bonds. The van der Waals surface area contributed by atoms with Gasteiger partial charge >= 0.3 is 0 Å². The molecule has 4 aromatic rings. The van der Waals surface area contributed by atoms with E-state index < -0.39 is 17.6 Å². The molecule has 1 aliphatic rings. The highest BCUT2D eigenvalue weighted by Gasteiger charge is 2.40. The summed E-state index contributed by atoms with van der Waals surface area (Å²) < 4.78 is 18.7. The van der Waals surface area contributed by atoms with Gasteiger partial charge in [0, 0.05) is 26.9 Å². The molecule has 200 valence electrons. The number of anilines is 3. The molecular formula is C30H21ClFN3O4S. The van der Waals surface area contributed by atoms with Crippen LogP contribution in [0.15, 0.2) is 113 Å². The molecule has 0 aliphatic carbocycles. The fraction of sp³-hybridized carbons (Fsp3) is 0.0333. The zero-order chi connectivity index (χ0) is 28.2. The van der Waals surface area contributed by atoms with Gasteiger partial charge in [-0.3, -0.25) is 14.4 Å². The lowest BCUT2D eigenvalue weighted by Gasteiger charge is -2.15. The van der Waals surface area contributed by atoms with Crippen LogP contribution in [0.1, 0.15) is 10.4 Å². The first-order valence-corrected chi connectivity index (χ1v) is 13.2. The lowest BCUT2D eigenvalue weighted by molar-refractivity contribution is -0.120. The number of imide groups is 1. The van der Waals surface area contributed by atoms with Gasteiger partial charge in [0.15, 0.2) is 0 Å². The minimum Gasteiger partial charge on any atom is -0.497 e. The molecule has 0 radical (unpaired) electrons. The number of benzene rings is 4. The van der Waals surface area contributed by atoms with Crippen LogP contribution in [0.3, 0.4) is 0 Å². The molecule has 2 N–H and O–H groups in total. The van der Waals surface area contributed by atoms with Crippen molar-refractivity contribution in [1.82, 2.24) is 0 Å². The first-order valence-electron chi connectivity index (χ1n) is 12.0. The van der Waals surface area contributed by atoms with Crippen molar-refractivity contribution in [2.24, 2.45) is 0 Å². The Labute approximate surface area is 238 Å². The van der Waals surface area contributed by atoms with Gasteiger partial charge in [-0.2, -0.15) is 0 Å². The van der Waals surface area contributed by atoms with Crippen LogP contribution in [0.5, 0.6) is 5.75 Å². The van der Waals surface area contributed by atoms with E-state index >= 15 is 0 Å². The van der Waals surface area contributed by atoms with E-state index in [0.717, 1.165) is 16.7 Å². The van der Waals surface area contributed by atoms with Crippen LogP contribution in [0, 0.1) is 5.82 Å². The number of thioether (sulfide) groups is 1. The zero-order valence-corrected chi connectivity index (χ0v) is 22.6. The van der Waals surface area contributed by atoms with E-state index in [1.807, 2.05) is 0 Å². The quantitative estimate of drug-likeness (QED) is 0.227. The Morgan fingerprint density at radius 1 is 0.875 bits per heavy atom. The fourth-order valence-corrected chi connectivity index (χ4v) is 5.03. The summed E-state index contributed by atoms with van der Waals surface area (Å²) in [5.74, 6) is -1.27. The highest BCUT2D eigenvalue weighted by atomic mass is 35.5. The molecule has 0 fully saturated rings. The Balaban J connectivity index is 1.44. The van der Waals surface area contributed by atoms with Gasteiger partial charge in [0.2, 0.25) is 0 Å². The van der Waals surface area contributed by atoms with Crippen molar-refractivity contribution in [3.8, 4) is 5.75 Å². The van der Waals surface area contributed by atoms with Gasteiger partial charge in [-0.1, -0.05) is 29.4 Å². The largest absolute Gasteiger partial charge is 0.497 e. The summed E-state index contributed by atoms with van der Waals surface area (Å²) in [4.78, 5) is 41.7. The molecule has 0 atom stereocenters. The van der Waals surface area contributed by atoms with Crippen molar-refractivity contribution in [3.63, 3.8) is 0 Å². The number of carbonyl (C=O) groups is 3. The van der Waals surface area contributed by atoms with Crippen LogP contribution in [-0.2, 0) is 9.59 Å². The minimum atomic E-state index is -0.561. The van der Waals surface area contributed by atoms with Crippen LogP contribution < -0.4 is 20.3 Å². The molecule has 4 aromatic carbocycles. The summed E-state index contributed by atoms with van der Waals surface area (Å²) in [5.41, 5.74) is 1.79. The third kappa shape index (κ3) is 5.85. The Kier molecular flexibility index (Phi) is 7.86. The summed E-state index contributed by atoms with van der Waals surface area (Å²) >= 11 is 6.99. The number of nitrogens with one attached hydrogen (secondary N) is 2. The van der Waals surface area contributed by atoms with Gasteiger partial charge in [0.1, 0.15) is 22.2 Å². The Morgan fingerprint density at radius 3 is 2.25 bits per heavy atom. The lowest BCUT2D eigenvalue weighted by Crippen LogP contribution is -2.32. The molecule has 10 heteroatoms. The maximum Gasteiger partial charge on any atom is 0.283 e. The number of hydrogen-bond donors (Lipinski definition) is 2. The fourth-order valence-electron chi connectivity index (χ4n) is 3.92. The van der Waals surface area contributed by atoms with Crippen molar-refractivity contribution >= 4 is 58.1 Å². The van der Waals surface area contributed by atoms with E-state index in [9.17, 15) is 18.8 Å².